The number of hydrogen-bond acceptors (Lipinski definition) is 5. The highest BCUT2D eigenvalue weighted by molar-refractivity contribution is 6.30. The van der Waals surface area contributed by atoms with Crippen LogP contribution in [0.5, 0.6) is 0 Å². The molecule has 3 heterocycles. The van der Waals surface area contributed by atoms with Crippen molar-refractivity contribution in [1.82, 2.24) is 24.9 Å². The number of nitrogens with zero attached hydrogens (tertiary/aromatic N) is 5. The van der Waals surface area contributed by atoms with Gasteiger partial charge in [0.25, 0.3) is 5.78 Å². The molecule has 0 aromatic carbocycles. The molecule has 1 amide bonds. The van der Waals surface area contributed by atoms with Gasteiger partial charge in [-0.3, -0.25) is 4.79 Å². The maximum atomic E-state index is 11.8. The van der Waals surface area contributed by atoms with Crippen LogP contribution in [0.1, 0.15) is 12.5 Å². The Labute approximate surface area is 114 Å². The molecule has 0 bridgehead atoms. The van der Waals surface area contributed by atoms with Gasteiger partial charge in [0.1, 0.15) is 23.3 Å². The van der Waals surface area contributed by atoms with Crippen molar-refractivity contribution in [2.75, 3.05) is 18.0 Å². The third-order valence-electron chi connectivity index (χ3n) is 3.34. The van der Waals surface area contributed by atoms with Crippen molar-refractivity contribution in [1.29, 1.82) is 0 Å². The van der Waals surface area contributed by atoms with Crippen LogP contribution in [0.4, 0.5) is 5.82 Å². The first kappa shape index (κ1) is 12.2. The van der Waals surface area contributed by atoms with Gasteiger partial charge in [0.05, 0.1) is 0 Å². The standard InChI is InChI=1S/C11H13ClN6O/c1-6-8(12)16-11-14-5-15-18(11)10(6)17-4-3-13-9(19)7(17)2/h5,7H,3-4H2,1-2H3,(H,13,19). The minimum absolute atomic E-state index is 0.00755. The number of halogens is 1. The highest BCUT2D eigenvalue weighted by atomic mass is 35.5. The molecule has 0 spiro atoms. The molecule has 0 radical (unpaired) electrons. The van der Waals surface area contributed by atoms with E-state index in [1.54, 1.807) is 4.52 Å². The molecule has 1 atom stereocenters. The second-order valence-electron chi connectivity index (χ2n) is 4.48. The number of carbonyl (C=O) groups is 1. The normalized spacial score (nSPS) is 19.8. The van der Waals surface area contributed by atoms with Gasteiger partial charge in [-0.15, -0.1) is 0 Å². The van der Waals surface area contributed by atoms with Crippen LogP contribution in [-0.2, 0) is 4.79 Å². The minimum atomic E-state index is -0.279. The predicted octanol–water partition coefficient (Wildman–Crippen LogP) is 0.411. The van der Waals surface area contributed by atoms with Crippen LogP contribution in [0, 0.1) is 6.92 Å². The average molecular weight is 281 g/mol. The first-order valence-electron chi connectivity index (χ1n) is 6.00. The van der Waals surface area contributed by atoms with E-state index in [-0.39, 0.29) is 11.9 Å². The predicted molar refractivity (Wildman–Crippen MR) is 70.3 cm³/mol. The number of piperazine rings is 1. The van der Waals surface area contributed by atoms with Crippen molar-refractivity contribution in [2.45, 2.75) is 19.9 Å². The van der Waals surface area contributed by atoms with Gasteiger partial charge in [0, 0.05) is 18.7 Å². The van der Waals surface area contributed by atoms with Crippen molar-refractivity contribution < 1.29 is 4.79 Å². The monoisotopic (exact) mass is 280 g/mol. The molecule has 0 saturated carbocycles. The van der Waals surface area contributed by atoms with Crippen molar-refractivity contribution >= 4 is 29.1 Å². The summed E-state index contributed by atoms with van der Waals surface area (Å²) in [6, 6.07) is -0.279. The minimum Gasteiger partial charge on any atom is -0.353 e. The number of nitrogens with one attached hydrogen (secondary N) is 1. The number of fused-ring (bicyclic) bond motifs is 1. The smallest absolute Gasteiger partial charge is 0.255 e. The molecule has 0 aliphatic carbocycles. The van der Waals surface area contributed by atoms with Gasteiger partial charge in [0.2, 0.25) is 5.91 Å². The molecule has 3 rings (SSSR count). The van der Waals surface area contributed by atoms with E-state index in [2.05, 4.69) is 20.4 Å². The van der Waals surface area contributed by atoms with Crippen LogP contribution in [0.2, 0.25) is 5.15 Å². The van der Waals surface area contributed by atoms with Crippen LogP contribution in [0.25, 0.3) is 5.78 Å². The number of hydrogen-bond donors (Lipinski definition) is 1. The lowest BCUT2D eigenvalue weighted by Gasteiger charge is -2.35. The third kappa shape index (κ3) is 1.81. The van der Waals surface area contributed by atoms with Gasteiger partial charge in [0.15, 0.2) is 0 Å². The van der Waals surface area contributed by atoms with Gasteiger partial charge in [-0.1, -0.05) is 11.6 Å². The van der Waals surface area contributed by atoms with Gasteiger partial charge in [-0.2, -0.15) is 19.6 Å². The van der Waals surface area contributed by atoms with Crippen LogP contribution in [0.15, 0.2) is 6.33 Å². The highest BCUT2D eigenvalue weighted by Gasteiger charge is 2.29. The molecule has 100 valence electrons. The zero-order valence-electron chi connectivity index (χ0n) is 10.6. The SMILES string of the molecule is Cc1c(Cl)nc2ncnn2c1N1CCNC(=O)C1C. The fraction of sp³-hybridized carbons (Fsp3) is 0.455. The summed E-state index contributed by atoms with van der Waals surface area (Å²) in [6.07, 6.45) is 1.43. The number of rotatable bonds is 1. The Morgan fingerprint density at radius 1 is 1.53 bits per heavy atom. The first-order chi connectivity index (χ1) is 9.09. The van der Waals surface area contributed by atoms with E-state index in [9.17, 15) is 4.79 Å². The molecular weight excluding hydrogens is 268 g/mol. The summed E-state index contributed by atoms with van der Waals surface area (Å²) in [6.45, 7) is 5.01. The lowest BCUT2D eigenvalue weighted by molar-refractivity contribution is -0.122. The second-order valence-corrected chi connectivity index (χ2v) is 4.84. The molecule has 8 heteroatoms. The molecule has 2 aromatic heterocycles. The van der Waals surface area contributed by atoms with E-state index in [1.165, 1.54) is 6.33 Å². The van der Waals surface area contributed by atoms with Crippen LogP contribution in [0.3, 0.4) is 0 Å². The van der Waals surface area contributed by atoms with Gasteiger partial charge in [-0.05, 0) is 13.8 Å². The van der Waals surface area contributed by atoms with E-state index in [4.69, 9.17) is 11.6 Å². The Bertz CT molecular complexity index is 654. The lowest BCUT2D eigenvalue weighted by Crippen LogP contribution is -2.54. The molecule has 1 saturated heterocycles. The summed E-state index contributed by atoms with van der Waals surface area (Å²) in [5.41, 5.74) is 0.793. The average Bonchev–Trinajstić information content (AvgIpc) is 2.83. The molecule has 2 aromatic rings. The van der Waals surface area contributed by atoms with Crippen LogP contribution < -0.4 is 10.2 Å². The fourth-order valence-corrected chi connectivity index (χ4v) is 2.45. The van der Waals surface area contributed by atoms with Crippen molar-refractivity contribution in [3.63, 3.8) is 0 Å². The second kappa shape index (κ2) is 4.34. The Morgan fingerprint density at radius 2 is 2.32 bits per heavy atom. The number of carbonyl (C=O) groups excluding carboxylic acids is 1. The molecule has 1 N–H and O–H groups in total. The van der Waals surface area contributed by atoms with Gasteiger partial charge < -0.3 is 10.2 Å². The Balaban J connectivity index is 2.20. The Morgan fingerprint density at radius 3 is 3.11 bits per heavy atom. The summed E-state index contributed by atoms with van der Waals surface area (Å²) >= 11 is 6.13. The van der Waals surface area contributed by atoms with E-state index < -0.39 is 0 Å². The molecule has 7 nitrogen and oxygen atoms in total. The van der Waals surface area contributed by atoms with Gasteiger partial charge in [-0.25, -0.2) is 0 Å². The number of amides is 1. The zero-order chi connectivity index (χ0) is 13.6. The zero-order valence-corrected chi connectivity index (χ0v) is 11.3. The largest absolute Gasteiger partial charge is 0.353 e. The Kier molecular flexibility index (Phi) is 2.78. The van der Waals surface area contributed by atoms with E-state index >= 15 is 0 Å². The van der Waals surface area contributed by atoms with Crippen LogP contribution >= 0.6 is 11.6 Å². The van der Waals surface area contributed by atoms with E-state index in [1.807, 2.05) is 18.7 Å². The Hall–Kier alpha value is -1.89. The quantitative estimate of drug-likeness (QED) is 0.766. The fourth-order valence-electron chi connectivity index (χ4n) is 2.29. The maximum absolute atomic E-state index is 11.8. The molecule has 1 fully saturated rings. The van der Waals surface area contributed by atoms with Crippen molar-refractivity contribution in [3.8, 4) is 0 Å². The highest BCUT2D eigenvalue weighted by Crippen LogP contribution is 2.27. The van der Waals surface area contributed by atoms with Crippen LogP contribution in [-0.4, -0.2) is 44.6 Å². The number of aromatic nitrogens is 4. The van der Waals surface area contributed by atoms with Crippen molar-refractivity contribution in [2.24, 2.45) is 0 Å². The first-order valence-corrected chi connectivity index (χ1v) is 6.37. The third-order valence-corrected chi connectivity index (χ3v) is 3.71. The molecule has 19 heavy (non-hydrogen) atoms. The van der Waals surface area contributed by atoms with E-state index in [0.717, 1.165) is 11.4 Å². The summed E-state index contributed by atoms with van der Waals surface area (Å²) in [5, 5.41) is 7.38. The van der Waals surface area contributed by atoms with Crippen molar-refractivity contribution in [3.05, 3.63) is 17.0 Å². The summed E-state index contributed by atoms with van der Waals surface area (Å²) < 4.78 is 1.62. The topological polar surface area (TPSA) is 75.4 Å². The van der Waals surface area contributed by atoms with Gasteiger partial charge >= 0.3 is 0 Å². The lowest BCUT2D eigenvalue weighted by atomic mass is 10.2. The summed E-state index contributed by atoms with van der Waals surface area (Å²) in [7, 11) is 0. The summed E-state index contributed by atoms with van der Waals surface area (Å²) in [4.78, 5) is 22.0. The van der Waals surface area contributed by atoms with E-state index in [0.29, 0.717) is 24.0 Å². The maximum Gasteiger partial charge on any atom is 0.255 e. The number of anilines is 1. The molecular formula is C11H13ClN6O. The molecule has 1 unspecified atom stereocenters. The molecule has 1 aliphatic rings. The summed E-state index contributed by atoms with van der Waals surface area (Å²) in [5.74, 6) is 1.20. The molecule has 1 aliphatic heterocycles.